The van der Waals surface area contributed by atoms with Gasteiger partial charge in [-0.3, -0.25) is 9.78 Å². The summed E-state index contributed by atoms with van der Waals surface area (Å²) in [6.45, 7) is 0. The molecule has 25 heavy (non-hydrogen) atoms. The molecule has 0 amide bonds. The molecule has 0 unspecified atom stereocenters. The standard InChI is InChI=1S/C21H19NO3/c1-25-20(23)14-16-8-5-9-17(12-16)18-10-11-22-19(21(18)24)13-15-6-3-2-4-7-15/h2-12,24H,13-14H2,1H3. The van der Waals surface area contributed by atoms with E-state index in [2.05, 4.69) is 4.98 Å². The zero-order valence-corrected chi connectivity index (χ0v) is 14.0. The molecule has 0 saturated heterocycles. The Kier molecular flexibility index (Phi) is 5.09. The van der Waals surface area contributed by atoms with Crippen LogP contribution in [0.2, 0.25) is 0 Å². The largest absolute Gasteiger partial charge is 0.505 e. The van der Waals surface area contributed by atoms with E-state index >= 15 is 0 Å². The van der Waals surface area contributed by atoms with E-state index in [0.29, 0.717) is 17.7 Å². The lowest BCUT2D eigenvalue weighted by molar-refractivity contribution is -0.139. The van der Waals surface area contributed by atoms with Crippen molar-refractivity contribution in [3.8, 4) is 16.9 Å². The van der Waals surface area contributed by atoms with Gasteiger partial charge in [-0.2, -0.15) is 0 Å². The number of aromatic nitrogens is 1. The molecule has 1 heterocycles. The topological polar surface area (TPSA) is 59.4 Å². The molecule has 0 fully saturated rings. The minimum atomic E-state index is -0.291. The Hall–Kier alpha value is -3.14. The minimum Gasteiger partial charge on any atom is -0.505 e. The second kappa shape index (κ2) is 7.62. The smallest absolute Gasteiger partial charge is 0.309 e. The van der Waals surface area contributed by atoms with Crippen LogP contribution >= 0.6 is 0 Å². The van der Waals surface area contributed by atoms with Gasteiger partial charge in [0, 0.05) is 18.2 Å². The molecule has 0 aliphatic carbocycles. The Labute approximate surface area is 146 Å². The first kappa shape index (κ1) is 16.7. The number of aromatic hydroxyl groups is 1. The lowest BCUT2D eigenvalue weighted by Crippen LogP contribution is -2.04. The van der Waals surface area contributed by atoms with Gasteiger partial charge in [0.05, 0.1) is 19.2 Å². The fourth-order valence-corrected chi connectivity index (χ4v) is 2.74. The highest BCUT2D eigenvalue weighted by atomic mass is 16.5. The second-order valence-electron chi connectivity index (χ2n) is 5.77. The van der Waals surface area contributed by atoms with Crippen LogP contribution in [-0.4, -0.2) is 23.2 Å². The van der Waals surface area contributed by atoms with Crippen molar-refractivity contribution in [3.63, 3.8) is 0 Å². The molecule has 1 N–H and O–H groups in total. The lowest BCUT2D eigenvalue weighted by atomic mass is 9.99. The molecule has 3 rings (SSSR count). The summed E-state index contributed by atoms with van der Waals surface area (Å²) in [7, 11) is 1.37. The van der Waals surface area contributed by atoms with Crippen molar-refractivity contribution < 1.29 is 14.6 Å². The van der Waals surface area contributed by atoms with Gasteiger partial charge in [0.15, 0.2) is 0 Å². The van der Waals surface area contributed by atoms with Gasteiger partial charge < -0.3 is 9.84 Å². The molecule has 0 spiro atoms. The van der Waals surface area contributed by atoms with Crippen molar-refractivity contribution in [1.82, 2.24) is 4.98 Å². The van der Waals surface area contributed by atoms with Gasteiger partial charge >= 0.3 is 5.97 Å². The number of rotatable bonds is 5. The maximum Gasteiger partial charge on any atom is 0.309 e. The number of carbonyl (C=O) groups is 1. The van der Waals surface area contributed by atoms with Gasteiger partial charge in [0.2, 0.25) is 0 Å². The molecule has 0 radical (unpaired) electrons. The van der Waals surface area contributed by atoms with Crippen molar-refractivity contribution in [1.29, 1.82) is 0 Å². The lowest BCUT2D eigenvalue weighted by Gasteiger charge is -2.10. The highest BCUT2D eigenvalue weighted by Crippen LogP contribution is 2.32. The molecule has 4 nitrogen and oxygen atoms in total. The van der Waals surface area contributed by atoms with Gasteiger partial charge in [-0.1, -0.05) is 54.6 Å². The molecular weight excluding hydrogens is 314 g/mol. The van der Waals surface area contributed by atoms with Crippen LogP contribution in [0.25, 0.3) is 11.1 Å². The SMILES string of the molecule is COC(=O)Cc1cccc(-c2ccnc(Cc3ccccc3)c2O)c1. The van der Waals surface area contributed by atoms with Crippen LogP contribution in [0.4, 0.5) is 0 Å². The van der Waals surface area contributed by atoms with Crippen molar-refractivity contribution >= 4 is 5.97 Å². The minimum absolute atomic E-state index is 0.168. The van der Waals surface area contributed by atoms with E-state index in [1.807, 2.05) is 54.6 Å². The third-order valence-corrected chi connectivity index (χ3v) is 4.03. The Bertz CT molecular complexity index is 875. The molecule has 4 heteroatoms. The number of hydrogen-bond acceptors (Lipinski definition) is 4. The summed E-state index contributed by atoms with van der Waals surface area (Å²) < 4.78 is 4.71. The first-order valence-corrected chi connectivity index (χ1v) is 8.04. The van der Waals surface area contributed by atoms with E-state index in [4.69, 9.17) is 4.74 Å². The number of benzene rings is 2. The summed E-state index contributed by atoms with van der Waals surface area (Å²) in [5.74, 6) is -0.123. The van der Waals surface area contributed by atoms with Crippen molar-refractivity contribution in [2.45, 2.75) is 12.8 Å². The van der Waals surface area contributed by atoms with Crippen LogP contribution in [0, 0.1) is 0 Å². The molecule has 3 aromatic rings. The van der Waals surface area contributed by atoms with Gasteiger partial charge in [-0.15, -0.1) is 0 Å². The Morgan fingerprint density at radius 1 is 1.04 bits per heavy atom. The average Bonchev–Trinajstić information content (AvgIpc) is 2.64. The maximum atomic E-state index is 11.5. The van der Waals surface area contributed by atoms with Gasteiger partial charge in [0.25, 0.3) is 0 Å². The number of methoxy groups -OCH3 is 1. The number of hydrogen-bond donors (Lipinski definition) is 1. The summed E-state index contributed by atoms with van der Waals surface area (Å²) in [4.78, 5) is 15.8. The van der Waals surface area contributed by atoms with E-state index in [0.717, 1.165) is 16.7 Å². The van der Waals surface area contributed by atoms with Gasteiger partial charge in [-0.25, -0.2) is 0 Å². The summed E-state index contributed by atoms with van der Waals surface area (Å²) in [6.07, 6.45) is 2.45. The molecule has 0 bridgehead atoms. The van der Waals surface area contributed by atoms with Crippen molar-refractivity contribution in [2.24, 2.45) is 0 Å². The van der Waals surface area contributed by atoms with Crippen molar-refractivity contribution in [3.05, 3.63) is 83.7 Å². The highest BCUT2D eigenvalue weighted by molar-refractivity contribution is 5.75. The molecule has 0 saturated carbocycles. The molecule has 126 valence electrons. The Morgan fingerprint density at radius 2 is 1.80 bits per heavy atom. The molecule has 0 atom stereocenters. The fourth-order valence-electron chi connectivity index (χ4n) is 2.74. The van der Waals surface area contributed by atoms with Crippen LogP contribution in [0.3, 0.4) is 0 Å². The molecule has 1 aromatic heterocycles. The fraction of sp³-hybridized carbons (Fsp3) is 0.143. The van der Waals surface area contributed by atoms with Crippen LogP contribution < -0.4 is 0 Å². The van der Waals surface area contributed by atoms with E-state index in [1.165, 1.54) is 7.11 Å². The first-order chi connectivity index (χ1) is 12.2. The number of ether oxygens (including phenoxy) is 1. The van der Waals surface area contributed by atoms with Crippen LogP contribution in [0.15, 0.2) is 66.9 Å². The van der Waals surface area contributed by atoms with E-state index < -0.39 is 0 Å². The van der Waals surface area contributed by atoms with Crippen LogP contribution in [0.5, 0.6) is 5.75 Å². The summed E-state index contributed by atoms with van der Waals surface area (Å²) in [5.41, 5.74) is 4.09. The van der Waals surface area contributed by atoms with Gasteiger partial charge in [0.1, 0.15) is 5.75 Å². The quantitative estimate of drug-likeness (QED) is 0.722. The molecule has 0 aliphatic heterocycles. The Balaban J connectivity index is 1.91. The normalized spacial score (nSPS) is 10.4. The zero-order chi connectivity index (χ0) is 17.6. The molecule has 2 aromatic carbocycles. The van der Waals surface area contributed by atoms with Gasteiger partial charge in [-0.05, 0) is 22.8 Å². The third kappa shape index (κ3) is 4.04. The predicted molar refractivity (Wildman–Crippen MR) is 96.3 cm³/mol. The number of nitrogens with zero attached hydrogens (tertiary/aromatic N) is 1. The predicted octanol–water partition coefficient (Wildman–Crippen LogP) is 3.76. The summed E-state index contributed by atoms with van der Waals surface area (Å²) in [5, 5.41) is 10.7. The average molecular weight is 333 g/mol. The van der Waals surface area contributed by atoms with Crippen LogP contribution in [-0.2, 0) is 22.4 Å². The van der Waals surface area contributed by atoms with E-state index in [-0.39, 0.29) is 18.1 Å². The zero-order valence-electron chi connectivity index (χ0n) is 14.0. The van der Waals surface area contributed by atoms with E-state index in [9.17, 15) is 9.90 Å². The monoisotopic (exact) mass is 333 g/mol. The number of carbonyl (C=O) groups excluding carboxylic acids is 1. The highest BCUT2D eigenvalue weighted by Gasteiger charge is 2.12. The molecule has 0 aliphatic rings. The van der Waals surface area contributed by atoms with E-state index in [1.54, 1.807) is 12.3 Å². The number of pyridine rings is 1. The van der Waals surface area contributed by atoms with Crippen molar-refractivity contribution in [2.75, 3.05) is 7.11 Å². The second-order valence-corrected chi connectivity index (χ2v) is 5.77. The summed E-state index contributed by atoms with van der Waals surface area (Å²) in [6, 6.07) is 19.2. The first-order valence-electron chi connectivity index (χ1n) is 8.04. The molecular formula is C21H19NO3. The third-order valence-electron chi connectivity index (χ3n) is 4.03. The Morgan fingerprint density at radius 3 is 2.56 bits per heavy atom. The maximum absolute atomic E-state index is 11.5. The summed E-state index contributed by atoms with van der Waals surface area (Å²) >= 11 is 0. The van der Waals surface area contributed by atoms with Crippen LogP contribution in [0.1, 0.15) is 16.8 Å². The number of esters is 1.